The van der Waals surface area contributed by atoms with E-state index < -0.39 is 0 Å². The number of benzene rings is 4. The molecule has 4 aromatic carbocycles. The lowest BCUT2D eigenvalue weighted by Gasteiger charge is -2.16. The SMILES string of the molecule is COc1ccc2c(c1)c(CC(N)=O)c(C)n2Cc1ccccc1OCCCOc1ccccc1Cn1c(C)c(CC(N)=O)c2cc(OC)ccc21. The van der Waals surface area contributed by atoms with Gasteiger partial charge in [0.2, 0.25) is 11.8 Å². The van der Waals surface area contributed by atoms with Gasteiger partial charge in [0.15, 0.2) is 0 Å². The first kappa shape index (κ1) is 34.9. The first-order valence-corrected chi connectivity index (χ1v) is 17.0. The van der Waals surface area contributed by atoms with Crippen LogP contribution in [0.1, 0.15) is 40.1 Å². The summed E-state index contributed by atoms with van der Waals surface area (Å²) in [6, 6.07) is 27.8. The Kier molecular flexibility index (Phi) is 10.5. The molecule has 4 N–H and O–H groups in total. The highest BCUT2D eigenvalue weighted by molar-refractivity contribution is 5.92. The number of amides is 2. The molecule has 10 nitrogen and oxygen atoms in total. The predicted octanol–water partition coefficient (Wildman–Crippen LogP) is 6.23. The van der Waals surface area contributed by atoms with Crippen LogP contribution in [0.5, 0.6) is 23.0 Å². The Morgan fingerprint density at radius 3 is 1.41 bits per heavy atom. The van der Waals surface area contributed by atoms with Crippen molar-refractivity contribution in [3.05, 3.63) is 119 Å². The van der Waals surface area contributed by atoms with E-state index in [0.29, 0.717) is 32.7 Å². The third-order valence-electron chi connectivity index (χ3n) is 9.43. The second kappa shape index (κ2) is 15.3. The average Bonchev–Trinajstić information content (AvgIpc) is 3.52. The Morgan fingerprint density at radius 1 is 0.608 bits per heavy atom. The first-order chi connectivity index (χ1) is 24.7. The number of hydrogen-bond acceptors (Lipinski definition) is 6. The Morgan fingerprint density at radius 2 is 1.02 bits per heavy atom. The van der Waals surface area contributed by atoms with Gasteiger partial charge in [0, 0.05) is 50.7 Å². The molecule has 6 aromatic rings. The Hall–Kier alpha value is -5.90. The number of aromatic nitrogens is 2. The van der Waals surface area contributed by atoms with Crippen molar-refractivity contribution >= 4 is 33.6 Å². The van der Waals surface area contributed by atoms with Crippen molar-refractivity contribution in [3.63, 3.8) is 0 Å². The molecule has 0 atom stereocenters. The molecule has 10 heteroatoms. The molecule has 0 fully saturated rings. The number of ether oxygens (including phenoxy) is 4. The first-order valence-electron chi connectivity index (χ1n) is 17.0. The molecule has 0 radical (unpaired) electrons. The van der Waals surface area contributed by atoms with Crippen LogP contribution in [0.2, 0.25) is 0 Å². The second-order valence-corrected chi connectivity index (χ2v) is 12.6. The third kappa shape index (κ3) is 7.50. The van der Waals surface area contributed by atoms with Crippen molar-refractivity contribution in [1.29, 1.82) is 0 Å². The molecule has 0 aliphatic heterocycles. The second-order valence-electron chi connectivity index (χ2n) is 12.6. The van der Waals surface area contributed by atoms with E-state index in [1.807, 2.05) is 86.6 Å². The van der Waals surface area contributed by atoms with E-state index >= 15 is 0 Å². The van der Waals surface area contributed by atoms with Crippen LogP contribution in [-0.4, -0.2) is 48.4 Å². The standard InChI is InChI=1S/C41H44N4O6/c1-26-32(22-40(42)46)34-20-30(48-3)14-16-36(34)44(26)24-28-10-5-7-12-38(28)50-18-9-19-51-39-13-8-6-11-29(39)25-45-27(2)33(23-41(43)47)35-21-31(49-4)15-17-37(35)45/h5-8,10-17,20-21H,9,18-19,22-25H2,1-4H3,(H2,42,46)(H2,43,47). The summed E-state index contributed by atoms with van der Waals surface area (Å²) >= 11 is 0. The molecular formula is C41H44N4O6. The van der Waals surface area contributed by atoms with E-state index in [1.54, 1.807) is 14.2 Å². The van der Waals surface area contributed by atoms with Crippen LogP contribution in [0, 0.1) is 13.8 Å². The topological polar surface area (TPSA) is 133 Å². The maximum atomic E-state index is 11.9. The van der Waals surface area contributed by atoms with E-state index in [1.165, 1.54) is 0 Å². The number of carbonyl (C=O) groups excluding carboxylic acids is 2. The molecule has 2 heterocycles. The van der Waals surface area contributed by atoms with Crippen molar-refractivity contribution in [3.8, 4) is 23.0 Å². The third-order valence-corrected chi connectivity index (χ3v) is 9.43. The van der Waals surface area contributed by atoms with Gasteiger partial charge in [-0.25, -0.2) is 0 Å². The number of primary amides is 2. The summed E-state index contributed by atoms with van der Waals surface area (Å²) in [4.78, 5) is 23.9. The van der Waals surface area contributed by atoms with Crippen LogP contribution in [0.4, 0.5) is 0 Å². The van der Waals surface area contributed by atoms with Crippen molar-refractivity contribution in [1.82, 2.24) is 9.13 Å². The molecule has 0 saturated carbocycles. The Bertz CT molecular complexity index is 2060. The number of carbonyl (C=O) groups is 2. The van der Waals surface area contributed by atoms with E-state index in [0.717, 1.165) is 78.4 Å². The largest absolute Gasteiger partial charge is 0.497 e. The number of fused-ring (bicyclic) bond motifs is 2. The van der Waals surface area contributed by atoms with Crippen LogP contribution < -0.4 is 30.4 Å². The molecule has 0 spiro atoms. The molecule has 0 saturated heterocycles. The fourth-order valence-corrected chi connectivity index (χ4v) is 6.83. The highest BCUT2D eigenvalue weighted by Gasteiger charge is 2.19. The van der Waals surface area contributed by atoms with Gasteiger partial charge >= 0.3 is 0 Å². The molecule has 51 heavy (non-hydrogen) atoms. The van der Waals surface area contributed by atoms with E-state index in [-0.39, 0.29) is 24.7 Å². The highest BCUT2D eigenvalue weighted by Crippen LogP contribution is 2.33. The maximum Gasteiger partial charge on any atom is 0.221 e. The predicted molar refractivity (Wildman–Crippen MR) is 199 cm³/mol. The van der Waals surface area contributed by atoms with Gasteiger partial charge in [-0.05, 0) is 73.5 Å². The van der Waals surface area contributed by atoms with Gasteiger partial charge < -0.3 is 39.5 Å². The van der Waals surface area contributed by atoms with Gasteiger partial charge in [0.05, 0.1) is 53.4 Å². The minimum Gasteiger partial charge on any atom is -0.497 e. The van der Waals surface area contributed by atoms with Crippen LogP contribution in [0.25, 0.3) is 21.8 Å². The summed E-state index contributed by atoms with van der Waals surface area (Å²) in [5, 5.41) is 1.90. The molecule has 0 unspecified atom stereocenters. The van der Waals surface area contributed by atoms with E-state index in [2.05, 4.69) is 21.3 Å². The summed E-state index contributed by atoms with van der Waals surface area (Å²) in [6.45, 7) is 6.09. The summed E-state index contributed by atoms with van der Waals surface area (Å²) in [5.41, 5.74) is 19.0. The minimum atomic E-state index is -0.378. The number of rotatable bonds is 16. The lowest BCUT2D eigenvalue weighted by molar-refractivity contribution is -0.118. The van der Waals surface area contributed by atoms with E-state index in [9.17, 15) is 9.59 Å². The summed E-state index contributed by atoms with van der Waals surface area (Å²) in [6.07, 6.45) is 0.971. The molecule has 2 aromatic heterocycles. The van der Waals surface area contributed by atoms with E-state index in [4.69, 9.17) is 30.4 Å². The van der Waals surface area contributed by atoms with Gasteiger partial charge in [0.25, 0.3) is 0 Å². The zero-order valence-electron chi connectivity index (χ0n) is 29.5. The number of para-hydroxylation sites is 2. The van der Waals surface area contributed by atoms with Crippen molar-refractivity contribution in [2.75, 3.05) is 27.4 Å². The fraction of sp³-hybridized carbons (Fsp3) is 0.268. The molecule has 6 rings (SSSR count). The Labute approximate surface area is 297 Å². The minimum absolute atomic E-state index is 0.150. The summed E-state index contributed by atoms with van der Waals surface area (Å²) < 4.78 is 27.9. The summed E-state index contributed by atoms with van der Waals surface area (Å²) in [7, 11) is 3.26. The lowest BCUT2D eigenvalue weighted by Crippen LogP contribution is -2.14. The lowest BCUT2D eigenvalue weighted by atomic mass is 10.1. The smallest absolute Gasteiger partial charge is 0.221 e. The van der Waals surface area contributed by atoms with Gasteiger partial charge in [0.1, 0.15) is 23.0 Å². The van der Waals surface area contributed by atoms with Crippen molar-refractivity contribution in [2.24, 2.45) is 11.5 Å². The van der Waals surface area contributed by atoms with Gasteiger partial charge in [-0.3, -0.25) is 9.59 Å². The maximum absolute atomic E-state index is 11.9. The number of methoxy groups -OCH3 is 2. The van der Waals surface area contributed by atoms with Crippen LogP contribution in [-0.2, 0) is 35.5 Å². The fourth-order valence-electron chi connectivity index (χ4n) is 6.83. The number of nitrogens with zero attached hydrogens (tertiary/aromatic N) is 2. The molecule has 0 aliphatic carbocycles. The zero-order valence-corrected chi connectivity index (χ0v) is 29.5. The van der Waals surface area contributed by atoms with Gasteiger partial charge in [-0.1, -0.05) is 36.4 Å². The van der Waals surface area contributed by atoms with Crippen molar-refractivity contribution < 1.29 is 28.5 Å². The Balaban J connectivity index is 1.13. The monoisotopic (exact) mass is 688 g/mol. The molecule has 0 bridgehead atoms. The van der Waals surface area contributed by atoms with Crippen molar-refractivity contribution in [2.45, 2.75) is 46.2 Å². The highest BCUT2D eigenvalue weighted by atomic mass is 16.5. The summed E-state index contributed by atoms with van der Waals surface area (Å²) in [5.74, 6) is 2.28. The van der Waals surface area contributed by atoms with Crippen LogP contribution in [0.15, 0.2) is 84.9 Å². The molecule has 0 aliphatic rings. The quantitative estimate of drug-likeness (QED) is 0.116. The normalized spacial score (nSPS) is 11.2. The number of nitrogens with two attached hydrogens (primary N) is 2. The molecular weight excluding hydrogens is 644 g/mol. The zero-order chi connectivity index (χ0) is 36.1. The number of hydrogen-bond donors (Lipinski definition) is 2. The van der Waals surface area contributed by atoms with Crippen LogP contribution in [0.3, 0.4) is 0 Å². The van der Waals surface area contributed by atoms with Gasteiger partial charge in [-0.15, -0.1) is 0 Å². The van der Waals surface area contributed by atoms with Gasteiger partial charge in [-0.2, -0.15) is 0 Å². The molecule has 264 valence electrons. The average molecular weight is 689 g/mol. The van der Waals surface area contributed by atoms with Crippen LogP contribution >= 0.6 is 0 Å². The molecule has 2 amide bonds.